The maximum Gasteiger partial charge on any atom is 0.128 e. The van der Waals surface area contributed by atoms with Crippen LogP contribution >= 0.6 is 27.5 Å². The molecule has 2 rings (SSSR count). The molecule has 1 aromatic heterocycles. The molecule has 1 fully saturated rings. The second kappa shape index (κ2) is 4.49. The SMILES string of the molecule is Clc1ccc(N(CCBr)C2CC2)nc1. The lowest BCUT2D eigenvalue weighted by atomic mass is 10.4. The molecule has 14 heavy (non-hydrogen) atoms. The van der Waals surface area contributed by atoms with Crippen molar-refractivity contribution in [1.29, 1.82) is 0 Å². The number of anilines is 1. The summed E-state index contributed by atoms with van der Waals surface area (Å²) in [5.74, 6) is 1.04. The average Bonchev–Trinajstić information content (AvgIpc) is 2.99. The van der Waals surface area contributed by atoms with Crippen LogP contribution in [0.3, 0.4) is 0 Å². The van der Waals surface area contributed by atoms with E-state index in [-0.39, 0.29) is 0 Å². The molecule has 0 spiro atoms. The Labute approximate surface area is 97.4 Å². The molecule has 0 unspecified atom stereocenters. The van der Waals surface area contributed by atoms with Crippen LogP contribution in [0.2, 0.25) is 5.02 Å². The van der Waals surface area contributed by atoms with Crippen molar-refractivity contribution >= 4 is 33.3 Å². The van der Waals surface area contributed by atoms with Gasteiger partial charge in [0.25, 0.3) is 0 Å². The van der Waals surface area contributed by atoms with E-state index in [9.17, 15) is 0 Å². The molecular formula is C10H12BrClN2. The van der Waals surface area contributed by atoms with E-state index in [0.717, 1.165) is 17.7 Å². The van der Waals surface area contributed by atoms with Crippen LogP contribution in [-0.2, 0) is 0 Å². The number of hydrogen-bond acceptors (Lipinski definition) is 2. The number of pyridine rings is 1. The minimum atomic E-state index is 0.696. The Hall–Kier alpha value is -0.280. The Morgan fingerprint density at radius 2 is 2.29 bits per heavy atom. The van der Waals surface area contributed by atoms with E-state index >= 15 is 0 Å². The average molecular weight is 276 g/mol. The summed E-state index contributed by atoms with van der Waals surface area (Å²) >= 11 is 9.26. The fourth-order valence-electron chi connectivity index (χ4n) is 1.50. The molecule has 0 bridgehead atoms. The Kier molecular flexibility index (Phi) is 3.29. The summed E-state index contributed by atoms with van der Waals surface area (Å²) in [4.78, 5) is 6.67. The van der Waals surface area contributed by atoms with Gasteiger partial charge in [-0.25, -0.2) is 4.98 Å². The van der Waals surface area contributed by atoms with Crippen LogP contribution in [0.5, 0.6) is 0 Å². The zero-order chi connectivity index (χ0) is 9.97. The fourth-order valence-corrected chi connectivity index (χ4v) is 1.99. The lowest BCUT2D eigenvalue weighted by Crippen LogP contribution is -2.28. The number of aromatic nitrogens is 1. The van der Waals surface area contributed by atoms with Crippen LogP contribution in [0.25, 0.3) is 0 Å². The molecule has 0 radical (unpaired) electrons. The number of alkyl halides is 1. The highest BCUT2D eigenvalue weighted by molar-refractivity contribution is 9.09. The van der Waals surface area contributed by atoms with Crippen molar-refractivity contribution in [3.63, 3.8) is 0 Å². The number of rotatable bonds is 4. The van der Waals surface area contributed by atoms with Gasteiger partial charge in [0.2, 0.25) is 0 Å². The summed E-state index contributed by atoms with van der Waals surface area (Å²) < 4.78 is 0. The van der Waals surface area contributed by atoms with Crippen molar-refractivity contribution in [2.24, 2.45) is 0 Å². The maximum atomic E-state index is 5.80. The highest BCUT2D eigenvalue weighted by atomic mass is 79.9. The second-order valence-corrected chi connectivity index (χ2v) is 4.68. The van der Waals surface area contributed by atoms with E-state index in [1.165, 1.54) is 12.8 Å². The largest absolute Gasteiger partial charge is 0.353 e. The minimum Gasteiger partial charge on any atom is -0.353 e. The molecule has 1 aliphatic carbocycles. The molecule has 0 aromatic carbocycles. The topological polar surface area (TPSA) is 16.1 Å². The van der Waals surface area contributed by atoms with Crippen molar-refractivity contribution in [3.05, 3.63) is 23.4 Å². The molecule has 0 aliphatic heterocycles. The molecular weight excluding hydrogens is 263 g/mol. The Balaban J connectivity index is 2.13. The predicted molar refractivity (Wildman–Crippen MR) is 63.4 cm³/mol. The molecule has 0 N–H and O–H groups in total. The monoisotopic (exact) mass is 274 g/mol. The Bertz CT molecular complexity index is 297. The minimum absolute atomic E-state index is 0.696. The predicted octanol–water partition coefficient (Wildman–Crippen LogP) is 3.10. The smallest absolute Gasteiger partial charge is 0.128 e. The first-order valence-corrected chi connectivity index (χ1v) is 6.25. The standard InChI is InChI=1S/C10H12BrClN2/c11-5-6-14(9-2-3-9)10-4-1-8(12)7-13-10/h1,4,7,9H,2-3,5-6H2. The van der Waals surface area contributed by atoms with Crippen molar-refractivity contribution in [2.45, 2.75) is 18.9 Å². The van der Waals surface area contributed by atoms with Crippen LogP contribution in [-0.4, -0.2) is 22.9 Å². The first kappa shape index (κ1) is 10.2. The Morgan fingerprint density at radius 3 is 2.79 bits per heavy atom. The third-order valence-electron chi connectivity index (χ3n) is 2.32. The maximum absolute atomic E-state index is 5.80. The second-order valence-electron chi connectivity index (χ2n) is 3.45. The molecule has 1 saturated carbocycles. The molecule has 2 nitrogen and oxygen atoms in total. The van der Waals surface area contributed by atoms with Gasteiger partial charge in [0.1, 0.15) is 5.82 Å². The van der Waals surface area contributed by atoms with Gasteiger partial charge in [-0.1, -0.05) is 27.5 Å². The van der Waals surface area contributed by atoms with Gasteiger partial charge in [-0.05, 0) is 25.0 Å². The van der Waals surface area contributed by atoms with Crippen molar-refractivity contribution in [2.75, 3.05) is 16.8 Å². The van der Waals surface area contributed by atoms with Crippen molar-refractivity contribution in [3.8, 4) is 0 Å². The van der Waals surface area contributed by atoms with Gasteiger partial charge in [-0.15, -0.1) is 0 Å². The van der Waals surface area contributed by atoms with Gasteiger partial charge in [-0.3, -0.25) is 0 Å². The van der Waals surface area contributed by atoms with Gasteiger partial charge >= 0.3 is 0 Å². The molecule has 4 heteroatoms. The van der Waals surface area contributed by atoms with Gasteiger partial charge in [0, 0.05) is 24.1 Å². The number of hydrogen-bond donors (Lipinski definition) is 0. The van der Waals surface area contributed by atoms with Gasteiger partial charge < -0.3 is 4.90 Å². The third kappa shape index (κ3) is 2.39. The van der Waals surface area contributed by atoms with E-state index < -0.39 is 0 Å². The van der Waals surface area contributed by atoms with E-state index in [0.29, 0.717) is 11.1 Å². The van der Waals surface area contributed by atoms with Crippen LogP contribution in [0.4, 0.5) is 5.82 Å². The summed E-state index contributed by atoms with van der Waals surface area (Å²) in [5, 5.41) is 1.68. The highest BCUT2D eigenvalue weighted by Crippen LogP contribution is 2.30. The first-order chi connectivity index (χ1) is 6.81. The van der Waals surface area contributed by atoms with Gasteiger partial charge in [0.05, 0.1) is 5.02 Å². The van der Waals surface area contributed by atoms with Crippen LogP contribution in [0.15, 0.2) is 18.3 Å². The summed E-state index contributed by atoms with van der Waals surface area (Å²) in [5.41, 5.74) is 0. The Morgan fingerprint density at radius 1 is 1.50 bits per heavy atom. The van der Waals surface area contributed by atoms with Gasteiger partial charge in [0.15, 0.2) is 0 Å². The number of halogens is 2. The first-order valence-electron chi connectivity index (χ1n) is 4.75. The summed E-state index contributed by atoms with van der Waals surface area (Å²) in [6, 6.07) is 4.58. The van der Waals surface area contributed by atoms with E-state index in [4.69, 9.17) is 11.6 Å². The molecule has 1 aliphatic rings. The van der Waals surface area contributed by atoms with Crippen molar-refractivity contribution in [1.82, 2.24) is 4.98 Å². The zero-order valence-corrected chi connectivity index (χ0v) is 10.1. The van der Waals surface area contributed by atoms with Gasteiger partial charge in [-0.2, -0.15) is 0 Å². The lowest BCUT2D eigenvalue weighted by molar-refractivity contribution is 0.816. The molecule has 76 valence electrons. The summed E-state index contributed by atoms with van der Waals surface area (Å²) in [6.07, 6.45) is 4.29. The molecule has 0 amide bonds. The number of nitrogens with zero attached hydrogens (tertiary/aromatic N) is 2. The van der Waals surface area contributed by atoms with Crippen LogP contribution in [0, 0.1) is 0 Å². The van der Waals surface area contributed by atoms with Crippen LogP contribution in [0.1, 0.15) is 12.8 Å². The summed E-state index contributed by atoms with van der Waals surface area (Å²) in [7, 11) is 0. The van der Waals surface area contributed by atoms with E-state index in [1.54, 1.807) is 6.20 Å². The molecule has 0 atom stereocenters. The highest BCUT2D eigenvalue weighted by Gasteiger charge is 2.29. The quantitative estimate of drug-likeness (QED) is 0.785. The molecule has 0 saturated heterocycles. The third-order valence-corrected chi connectivity index (χ3v) is 2.90. The zero-order valence-electron chi connectivity index (χ0n) is 7.79. The fraction of sp³-hybridized carbons (Fsp3) is 0.500. The van der Waals surface area contributed by atoms with E-state index in [2.05, 4.69) is 25.8 Å². The summed E-state index contributed by atoms with van der Waals surface area (Å²) in [6.45, 7) is 1.01. The molecule has 1 aromatic rings. The van der Waals surface area contributed by atoms with Crippen molar-refractivity contribution < 1.29 is 0 Å². The lowest BCUT2D eigenvalue weighted by Gasteiger charge is -2.22. The van der Waals surface area contributed by atoms with E-state index in [1.807, 2.05) is 12.1 Å². The van der Waals surface area contributed by atoms with Crippen LogP contribution < -0.4 is 4.90 Å². The molecule has 1 heterocycles. The normalized spacial score (nSPS) is 15.6.